The van der Waals surface area contributed by atoms with E-state index in [2.05, 4.69) is 16.8 Å². The van der Waals surface area contributed by atoms with Crippen LogP contribution < -0.4 is 0 Å². The van der Waals surface area contributed by atoms with Crippen molar-refractivity contribution in [2.45, 2.75) is 26.3 Å². The predicted molar refractivity (Wildman–Crippen MR) is 80.1 cm³/mol. The Morgan fingerprint density at radius 1 is 1.35 bits per heavy atom. The molecule has 0 bridgehead atoms. The second-order valence-corrected chi connectivity index (χ2v) is 5.69. The lowest BCUT2D eigenvalue weighted by Crippen LogP contribution is -2.31. The van der Waals surface area contributed by atoms with Crippen molar-refractivity contribution in [2.24, 2.45) is 0 Å². The number of carbonyl (C=O) groups is 1. The molecule has 1 saturated heterocycles. The lowest BCUT2D eigenvalue weighted by molar-refractivity contribution is 0.101. The number of ketones is 1. The van der Waals surface area contributed by atoms with Crippen molar-refractivity contribution in [1.29, 1.82) is 0 Å². The van der Waals surface area contributed by atoms with Gasteiger partial charge in [-0.25, -0.2) is 0 Å². The van der Waals surface area contributed by atoms with E-state index in [9.17, 15) is 9.90 Å². The SMILES string of the molecule is CC(=O)c1ccc(O)c(CN(C)CCN2CCCC2)c1. The molecule has 0 saturated carbocycles. The number of hydrogen-bond donors (Lipinski definition) is 1. The lowest BCUT2D eigenvalue weighted by atomic mass is 10.1. The van der Waals surface area contributed by atoms with Crippen molar-refractivity contribution >= 4 is 5.78 Å². The minimum Gasteiger partial charge on any atom is -0.508 e. The molecule has 0 radical (unpaired) electrons. The molecule has 0 unspecified atom stereocenters. The summed E-state index contributed by atoms with van der Waals surface area (Å²) in [5.41, 5.74) is 1.48. The van der Waals surface area contributed by atoms with Gasteiger partial charge in [0.2, 0.25) is 0 Å². The summed E-state index contributed by atoms with van der Waals surface area (Å²) in [5.74, 6) is 0.300. The molecule has 0 amide bonds. The summed E-state index contributed by atoms with van der Waals surface area (Å²) in [6, 6.07) is 5.08. The number of aromatic hydroxyl groups is 1. The first-order chi connectivity index (χ1) is 9.56. The highest BCUT2D eigenvalue weighted by Gasteiger charge is 2.13. The van der Waals surface area contributed by atoms with Crippen LogP contribution in [-0.4, -0.2) is 53.9 Å². The molecule has 110 valence electrons. The summed E-state index contributed by atoms with van der Waals surface area (Å²) in [4.78, 5) is 16.1. The molecule has 2 rings (SSSR count). The van der Waals surface area contributed by atoms with Crippen LogP contribution in [0.15, 0.2) is 18.2 Å². The number of Topliss-reactive ketones (excluding diaryl/α,β-unsaturated/α-hetero) is 1. The summed E-state index contributed by atoms with van der Waals surface area (Å²) in [6.07, 6.45) is 2.62. The highest BCUT2D eigenvalue weighted by Crippen LogP contribution is 2.20. The van der Waals surface area contributed by atoms with Gasteiger partial charge in [-0.15, -0.1) is 0 Å². The molecule has 1 heterocycles. The quantitative estimate of drug-likeness (QED) is 0.808. The normalized spacial score (nSPS) is 15.9. The summed E-state index contributed by atoms with van der Waals surface area (Å²) < 4.78 is 0. The Hall–Kier alpha value is -1.39. The first kappa shape index (κ1) is 15.0. The summed E-state index contributed by atoms with van der Waals surface area (Å²) >= 11 is 0. The van der Waals surface area contributed by atoms with Crippen molar-refractivity contribution in [1.82, 2.24) is 9.80 Å². The maximum atomic E-state index is 11.4. The van der Waals surface area contributed by atoms with Crippen LogP contribution in [0.5, 0.6) is 5.75 Å². The molecule has 1 N–H and O–H groups in total. The van der Waals surface area contributed by atoms with Crippen LogP contribution in [-0.2, 0) is 6.54 Å². The van der Waals surface area contributed by atoms with Gasteiger partial charge in [0.1, 0.15) is 5.75 Å². The monoisotopic (exact) mass is 276 g/mol. The summed E-state index contributed by atoms with van der Waals surface area (Å²) in [7, 11) is 2.05. The average Bonchev–Trinajstić information content (AvgIpc) is 2.92. The zero-order chi connectivity index (χ0) is 14.5. The molecule has 4 heteroatoms. The van der Waals surface area contributed by atoms with Crippen LogP contribution in [0, 0.1) is 0 Å². The smallest absolute Gasteiger partial charge is 0.159 e. The second kappa shape index (κ2) is 6.86. The van der Waals surface area contributed by atoms with E-state index >= 15 is 0 Å². The molecule has 0 aliphatic carbocycles. The maximum Gasteiger partial charge on any atom is 0.159 e. The summed E-state index contributed by atoms with van der Waals surface area (Å²) in [6.45, 7) is 6.68. The van der Waals surface area contributed by atoms with Crippen LogP contribution in [0.4, 0.5) is 0 Å². The molecule has 0 atom stereocenters. The Kier molecular flexibility index (Phi) is 5.15. The lowest BCUT2D eigenvalue weighted by Gasteiger charge is -2.21. The van der Waals surface area contributed by atoms with Gasteiger partial charge >= 0.3 is 0 Å². The van der Waals surface area contributed by atoms with Gasteiger partial charge in [0.25, 0.3) is 0 Å². The molecule has 1 aliphatic rings. The van der Waals surface area contributed by atoms with E-state index in [4.69, 9.17) is 0 Å². The highest BCUT2D eigenvalue weighted by atomic mass is 16.3. The number of benzene rings is 1. The number of phenols is 1. The van der Waals surface area contributed by atoms with Gasteiger partial charge in [0.05, 0.1) is 0 Å². The van der Waals surface area contributed by atoms with E-state index in [0.29, 0.717) is 12.1 Å². The molecule has 0 aromatic heterocycles. The van der Waals surface area contributed by atoms with Crippen molar-refractivity contribution in [3.63, 3.8) is 0 Å². The molecule has 1 aliphatic heterocycles. The van der Waals surface area contributed by atoms with Crippen LogP contribution in [0.2, 0.25) is 0 Å². The number of nitrogens with zero attached hydrogens (tertiary/aromatic N) is 2. The molecule has 1 aromatic carbocycles. The molecular formula is C16H24N2O2. The Bertz CT molecular complexity index is 468. The van der Waals surface area contributed by atoms with Gasteiger partial charge < -0.3 is 14.9 Å². The zero-order valence-electron chi connectivity index (χ0n) is 12.4. The average molecular weight is 276 g/mol. The number of likely N-dealkylation sites (tertiary alicyclic amines) is 1. The molecule has 0 spiro atoms. The second-order valence-electron chi connectivity index (χ2n) is 5.69. The Balaban J connectivity index is 1.90. The van der Waals surface area contributed by atoms with Gasteiger partial charge in [0, 0.05) is 30.8 Å². The number of carbonyl (C=O) groups excluding carboxylic acids is 1. The molecule has 4 nitrogen and oxygen atoms in total. The van der Waals surface area contributed by atoms with E-state index in [1.807, 2.05) is 0 Å². The predicted octanol–water partition coefficient (Wildman–Crippen LogP) is 2.12. The minimum absolute atomic E-state index is 0.0333. The van der Waals surface area contributed by atoms with Crippen molar-refractivity contribution in [3.8, 4) is 5.75 Å². The van der Waals surface area contributed by atoms with Crippen molar-refractivity contribution in [3.05, 3.63) is 29.3 Å². The topological polar surface area (TPSA) is 43.8 Å². The molecule has 20 heavy (non-hydrogen) atoms. The Morgan fingerprint density at radius 3 is 2.70 bits per heavy atom. The fourth-order valence-corrected chi connectivity index (χ4v) is 2.62. The molecule has 1 aromatic rings. The Labute approximate surface area is 121 Å². The number of likely N-dealkylation sites (N-methyl/N-ethyl adjacent to an activating group) is 1. The largest absolute Gasteiger partial charge is 0.508 e. The van der Waals surface area contributed by atoms with E-state index in [1.54, 1.807) is 25.1 Å². The summed E-state index contributed by atoms with van der Waals surface area (Å²) in [5, 5.41) is 9.90. The third-order valence-corrected chi connectivity index (χ3v) is 3.92. The van der Waals surface area contributed by atoms with Gasteiger partial charge in [-0.3, -0.25) is 4.79 Å². The fraction of sp³-hybridized carbons (Fsp3) is 0.562. The highest BCUT2D eigenvalue weighted by molar-refractivity contribution is 5.94. The van der Waals surface area contributed by atoms with Crippen molar-refractivity contribution < 1.29 is 9.90 Å². The third kappa shape index (κ3) is 4.05. The Morgan fingerprint density at radius 2 is 2.05 bits per heavy atom. The first-order valence-corrected chi connectivity index (χ1v) is 7.30. The number of rotatable bonds is 6. The minimum atomic E-state index is 0.0333. The van der Waals surface area contributed by atoms with Crippen LogP contribution in [0.3, 0.4) is 0 Å². The maximum absolute atomic E-state index is 11.4. The van der Waals surface area contributed by atoms with E-state index < -0.39 is 0 Å². The number of hydrogen-bond acceptors (Lipinski definition) is 4. The number of phenolic OH excluding ortho intramolecular Hbond substituents is 1. The van der Waals surface area contributed by atoms with Gasteiger partial charge in [-0.05, 0) is 58.1 Å². The standard InChI is InChI=1S/C16H24N2O2/c1-13(19)14-5-6-16(20)15(11-14)12-17(2)9-10-18-7-3-4-8-18/h5-6,11,20H,3-4,7-10,12H2,1-2H3. The molecular weight excluding hydrogens is 252 g/mol. The van der Waals surface area contributed by atoms with Crippen LogP contribution in [0.25, 0.3) is 0 Å². The van der Waals surface area contributed by atoms with E-state index in [1.165, 1.54) is 25.9 Å². The first-order valence-electron chi connectivity index (χ1n) is 7.30. The van der Waals surface area contributed by atoms with Gasteiger partial charge in [-0.2, -0.15) is 0 Å². The van der Waals surface area contributed by atoms with Gasteiger partial charge in [0.15, 0.2) is 5.78 Å². The van der Waals surface area contributed by atoms with E-state index in [0.717, 1.165) is 18.7 Å². The van der Waals surface area contributed by atoms with Crippen LogP contribution >= 0.6 is 0 Å². The third-order valence-electron chi connectivity index (χ3n) is 3.92. The van der Waals surface area contributed by atoms with Crippen LogP contribution in [0.1, 0.15) is 35.7 Å². The fourth-order valence-electron chi connectivity index (χ4n) is 2.62. The molecule has 1 fully saturated rings. The zero-order valence-corrected chi connectivity index (χ0v) is 12.4. The van der Waals surface area contributed by atoms with Gasteiger partial charge in [-0.1, -0.05) is 0 Å². The van der Waals surface area contributed by atoms with Crippen molar-refractivity contribution in [2.75, 3.05) is 33.2 Å². The van der Waals surface area contributed by atoms with E-state index in [-0.39, 0.29) is 11.5 Å².